The molecule has 0 aliphatic heterocycles. The molecule has 1 aromatic rings. The summed E-state index contributed by atoms with van der Waals surface area (Å²) < 4.78 is 0. The van der Waals surface area contributed by atoms with Crippen molar-refractivity contribution in [1.29, 1.82) is 0 Å². The normalized spacial score (nSPS) is 11.5. The summed E-state index contributed by atoms with van der Waals surface area (Å²) in [6.45, 7) is 8.15. The SMILES string of the molecule is CCCCCc1cc(O)c(C/C=C(\C)CCC=C(C)C)c([O-])c1C(=O)O. The molecule has 0 amide bonds. The minimum atomic E-state index is -1.22. The van der Waals surface area contributed by atoms with Crippen molar-refractivity contribution in [2.24, 2.45) is 0 Å². The molecule has 0 aliphatic carbocycles. The Labute approximate surface area is 156 Å². The Balaban J connectivity index is 3.03. The zero-order valence-electron chi connectivity index (χ0n) is 16.4. The number of aromatic carboxylic acids is 1. The maximum Gasteiger partial charge on any atom is 0.335 e. The van der Waals surface area contributed by atoms with Gasteiger partial charge in [-0.3, -0.25) is 0 Å². The third kappa shape index (κ3) is 6.58. The van der Waals surface area contributed by atoms with Crippen molar-refractivity contribution in [1.82, 2.24) is 0 Å². The molecule has 144 valence electrons. The van der Waals surface area contributed by atoms with Crippen LogP contribution in [-0.2, 0) is 12.8 Å². The van der Waals surface area contributed by atoms with Gasteiger partial charge in [-0.05, 0) is 70.1 Å². The molecule has 2 N–H and O–H groups in total. The highest BCUT2D eigenvalue weighted by Gasteiger charge is 2.16. The van der Waals surface area contributed by atoms with Gasteiger partial charge in [0.2, 0.25) is 0 Å². The Morgan fingerprint density at radius 1 is 1.19 bits per heavy atom. The van der Waals surface area contributed by atoms with Crippen LogP contribution in [-0.4, -0.2) is 16.2 Å². The minimum Gasteiger partial charge on any atom is -0.872 e. The van der Waals surface area contributed by atoms with Crippen molar-refractivity contribution in [3.8, 4) is 11.5 Å². The van der Waals surface area contributed by atoms with Gasteiger partial charge in [0.05, 0.1) is 5.56 Å². The summed E-state index contributed by atoms with van der Waals surface area (Å²) in [6.07, 6.45) is 9.38. The Hall–Kier alpha value is -2.23. The van der Waals surface area contributed by atoms with Crippen LogP contribution in [0.5, 0.6) is 11.5 Å². The van der Waals surface area contributed by atoms with E-state index in [1.165, 1.54) is 11.6 Å². The van der Waals surface area contributed by atoms with Gasteiger partial charge in [0.15, 0.2) is 0 Å². The van der Waals surface area contributed by atoms with Crippen LogP contribution in [0.15, 0.2) is 29.4 Å². The number of phenols is 1. The van der Waals surface area contributed by atoms with Crippen molar-refractivity contribution >= 4 is 5.97 Å². The molecule has 0 spiro atoms. The lowest BCUT2D eigenvalue weighted by Crippen LogP contribution is -2.11. The molecule has 1 aromatic carbocycles. The van der Waals surface area contributed by atoms with Crippen LogP contribution in [0.3, 0.4) is 0 Å². The Bertz CT molecular complexity index is 680. The first-order chi connectivity index (χ1) is 12.3. The Kier molecular flexibility index (Phi) is 8.97. The summed E-state index contributed by atoms with van der Waals surface area (Å²) >= 11 is 0. The predicted molar refractivity (Wildman–Crippen MR) is 104 cm³/mol. The molecule has 1 rings (SSSR count). The largest absolute Gasteiger partial charge is 0.872 e. The molecule has 0 saturated carbocycles. The highest BCUT2D eigenvalue weighted by molar-refractivity contribution is 5.93. The van der Waals surface area contributed by atoms with Gasteiger partial charge in [-0.1, -0.05) is 48.8 Å². The smallest absolute Gasteiger partial charge is 0.335 e. The lowest BCUT2D eigenvalue weighted by atomic mass is 9.95. The van der Waals surface area contributed by atoms with E-state index in [-0.39, 0.29) is 23.3 Å². The van der Waals surface area contributed by atoms with E-state index < -0.39 is 11.7 Å². The minimum absolute atomic E-state index is 0.0974. The fourth-order valence-electron chi connectivity index (χ4n) is 2.90. The number of aryl methyl sites for hydroxylation is 1. The second-order valence-corrected chi connectivity index (χ2v) is 7.07. The summed E-state index contributed by atoms with van der Waals surface area (Å²) in [6, 6.07) is 1.46. The first-order valence-corrected chi connectivity index (χ1v) is 9.34. The lowest BCUT2D eigenvalue weighted by Gasteiger charge is -2.21. The van der Waals surface area contributed by atoms with Crippen molar-refractivity contribution in [2.45, 2.75) is 72.6 Å². The number of carbonyl (C=O) groups is 1. The highest BCUT2D eigenvalue weighted by atomic mass is 16.4. The second-order valence-electron chi connectivity index (χ2n) is 7.07. The second kappa shape index (κ2) is 10.7. The van der Waals surface area contributed by atoms with Gasteiger partial charge in [0.1, 0.15) is 5.75 Å². The predicted octanol–water partition coefficient (Wildman–Crippen LogP) is 5.13. The number of allylic oxidation sites excluding steroid dienone is 4. The van der Waals surface area contributed by atoms with Gasteiger partial charge in [0.25, 0.3) is 0 Å². The molecule has 26 heavy (non-hydrogen) atoms. The van der Waals surface area contributed by atoms with Gasteiger partial charge >= 0.3 is 5.97 Å². The zero-order chi connectivity index (χ0) is 19.7. The molecule has 0 heterocycles. The van der Waals surface area contributed by atoms with Crippen molar-refractivity contribution in [3.63, 3.8) is 0 Å². The van der Waals surface area contributed by atoms with Crippen molar-refractivity contribution in [2.75, 3.05) is 0 Å². The standard InChI is InChI=1S/C22H32O4/c1-5-6-7-11-17-14-19(23)18(21(24)20(17)22(25)26)13-12-16(4)10-8-9-15(2)3/h9,12,14,23-24H,5-8,10-11,13H2,1-4H3,(H,25,26)/p-1/b16-12+. The molecule has 0 atom stereocenters. The van der Waals surface area contributed by atoms with E-state index in [4.69, 9.17) is 0 Å². The highest BCUT2D eigenvalue weighted by Crippen LogP contribution is 2.33. The number of hydrogen-bond acceptors (Lipinski definition) is 3. The van der Waals surface area contributed by atoms with Crippen LogP contribution in [0.1, 0.15) is 81.3 Å². The lowest BCUT2D eigenvalue weighted by molar-refractivity contribution is -0.270. The molecule has 4 heteroatoms. The number of rotatable bonds is 10. The first-order valence-electron chi connectivity index (χ1n) is 9.34. The maximum absolute atomic E-state index is 12.6. The van der Waals surface area contributed by atoms with E-state index in [9.17, 15) is 20.1 Å². The molecule has 0 radical (unpaired) electrons. The molecule has 0 aromatic heterocycles. The zero-order valence-corrected chi connectivity index (χ0v) is 16.4. The summed E-state index contributed by atoms with van der Waals surface area (Å²) in [5.74, 6) is -1.87. The summed E-state index contributed by atoms with van der Waals surface area (Å²) in [7, 11) is 0. The average molecular weight is 359 g/mol. The van der Waals surface area contributed by atoms with Gasteiger partial charge in [-0.2, -0.15) is 0 Å². The quantitative estimate of drug-likeness (QED) is 0.448. The van der Waals surface area contributed by atoms with E-state index >= 15 is 0 Å². The van der Waals surface area contributed by atoms with E-state index in [0.29, 0.717) is 12.0 Å². The van der Waals surface area contributed by atoms with Crippen LogP contribution >= 0.6 is 0 Å². The number of carboxylic acids is 1. The summed E-state index contributed by atoms with van der Waals surface area (Å²) in [5, 5.41) is 32.3. The molecular formula is C22H31O4-. The van der Waals surface area contributed by atoms with Crippen LogP contribution < -0.4 is 5.11 Å². The number of benzene rings is 1. The molecule has 4 nitrogen and oxygen atoms in total. The van der Waals surface area contributed by atoms with Crippen LogP contribution in [0.4, 0.5) is 0 Å². The number of unbranched alkanes of at least 4 members (excludes halogenated alkanes) is 2. The van der Waals surface area contributed by atoms with Gasteiger partial charge in [-0.25, -0.2) is 4.79 Å². The Morgan fingerprint density at radius 3 is 2.46 bits per heavy atom. The van der Waals surface area contributed by atoms with Crippen LogP contribution in [0.25, 0.3) is 0 Å². The fourth-order valence-corrected chi connectivity index (χ4v) is 2.90. The topological polar surface area (TPSA) is 80.6 Å². The number of aromatic hydroxyl groups is 1. The number of hydrogen-bond donors (Lipinski definition) is 2. The van der Waals surface area contributed by atoms with Gasteiger partial charge < -0.3 is 15.3 Å². The monoisotopic (exact) mass is 359 g/mol. The molecule has 0 fully saturated rings. The van der Waals surface area contributed by atoms with Crippen LogP contribution in [0, 0.1) is 0 Å². The average Bonchev–Trinajstić information content (AvgIpc) is 2.53. The third-order valence-electron chi connectivity index (χ3n) is 4.45. The third-order valence-corrected chi connectivity index (χ3v) is 4.45. The van der Waals surface area contributed by atoms with E-state index in [1.54, 1.807) is 0 Å². The van der Waals surface area contributed by atoms with E-state index in [2.05, 4.69) is 26.8 Å². The van der Waals surface area contributed by atoms with Gasteiger partial charge in [0, 0.05) is 0 Å². The van der Waals surface area contributed by atoms with Gasteiger partial charge in [-0.15, -0.1) is 0 Å². The van der Waals surface area contributed by atoms with E-state index in [1.807, 2.05) is 13.0 Å². The van der Waals surface area contributed by atoms with Crippen molar-refractivity contribution in [3.05, 3.63) is 46.1 Å². The molecule has 0 unspecified atom stereocenters. The molecule has 0 saturated heterocycles. The molecular weight excluding hydrogens is 328 g/mol. The van der Waals surface area contributed by atoms with Crippen LogP contribution in [0.2, 0.25) is 0 Å². The van der Waals surface area contributed by atoms with Crippen molar-refractivity contribution < 1.29 is 20.1 Å². The molecule has 0 aliphatic rings. The maximum atomic E-state index is 12.6. The summed E-state index contributed by atoms with van der Waals surface area (Å²) in [5.41, 5.74) is 2.79. The fraction of sp³-hybridized carbons (Fsp3) is 0.500. The summed E-state index contributed by atoms with van der Waals surface area (Å²) in [4.78, 5) is 11.6. The number of phenolic OH excluding ortho intramolecular Hbond substituents is 1. The first kappa shape index (κ1) is 21.8. The number of carboxylic acid groups (broad SMARTS) is 1. The molecule has 0 bridgehead atoms. The Morgan fingerprint density at radius 2 is 1.88 bits per heavy atom. The van der Waals surface area contributed by atoms with E-state index in [0.717, 1.165) is 37.7 Å².